The normalized spacial score (nSPS) is 20.9. The van der Waals surface area contributed by atoms with Gasteiger partial charge in [0.2, 0.25) is 0 Å². The maximum atomic E-state index is 11.0. The molecule has 0 aromatic heterocycles. The second-order valence-electron chi connectivity index (χ2n) is 5.27. The Morgan fingerprint density at radius 2 is 2.00 bits per heavy atom. The van der Waals surface area contributed by atoms with E-state index in [1.54, 1.807) is 7.05 Å². The molecule has 17 heavy (non-hydrogen) atoms. The summed E-state index contributed by atoms with van der Waals surface area (Å²) in [6.45, 7) is 2.00. The zero-order chi connectivity index (χ0) is 12.8. The number of hydrogen-bond acceptors (Lipinski definition) is 2. The van der Waals surface area contributed by atoms with Crippen molar-refractivity contribution in [2.45, 2.75) is 64.0 Å². The van der Waals surface area contributed by atoms with E-state index in [9.17, 15) is 4.79 Å². The van der Waals surface area contributed by atoms with Crippen LogP contribution in [0.2, 0.25) is 0 Å². The highest BCUT2D eigenvalue weighted by molar-refractivity contribution is 5.65. The van der Waals surface area contributed by atoms with Crippen molar-refractivity contribution in [1.29, 1.82) is 0 Å². The molecule has 0 heterocycles. The van der Waals surface area contributed by atoms with Crippen LogP contribution >= 0.6 is 0 Å². The van der Waals surface area contributed by atoms with Gasteiger partial charge in [-0.1, -0.05) is 39.0 Å². The Hall–Kier alpha value is -0.770. The van der Waals surface area contributed by atoms with Gasteiger partial charge in [-0.05, 0) is 18.8 Å². The lowest BCUT2D eigenvalue weighted by Crippen LogP contribution is -2.48. The van der Waals surface area contributed by atoms with Crippen LogP contribution in [0.25, 0.3) is 0 Å². The summed E-state index contributed by atoms with van der Waals surface area (Å²) in [7, 11) is 1.62. The molecular formula is C13H26N2O2. The van der Waals surface area contributed by atoms with E-state index in [-0.39, 0.29) is 12.1 Å². The first-order valence-electron chi connectivity index (χ1n) is 6.77. The van der Waals surface area contributed by atoms with Crippen molar-refractivity contribution >= 4 is 6.09 Å². The molecule has 3 N–H and O–H groups in total. The Morgan fingerprint density at radius 3 is 2.47 bits per heavy atom. The van der Waals surface area contributed by atoms with Crippen molar-refractivity contribution in [3.63, 3.8) is 0 Å². The molecule has 4 heteroatoms. The first-order valence-corrected chi connectivity index (χ1v) is 6.77. The van der Waals surface area contributed by atoms with Crippen LogP contribution in [0.4, 0.5) is 4.79 Å². The predicted octanol–water partition coefficient (Wildman–Crippen LogP) is 2.67. The average molecular weight is 242 g/mol. The molecule has 0 unspecified atom stereocenters. The van der Waals surface area contributed by atoms with Crippen LogP contribution in [0.5, 0.6) is 0 Å². The third-order valence-corrected chi connectivity index (χ3v) is 4.04. The Labute approximate surface area is 104 Å². The van der Waals surface area contributed by atoms with Crippen LogP contribution < -0.4 is 5.73 Å². The average Bonchev–Trinajstić information content (AvgIpc) is 2.30. The van der Waals surface area contributed by atoms with Gasteiger partial charge in [0.05, 0.1) is 0 Å². The van der Waals surface area contributed by atoms with E-state index in [1.165, 1.54) is 37.0 Å². The van der Waals surface area contributed by atoms with Crippen molar-refractivity contribution < 1.29 is 9.90 Å². The Bertz CT molecular complexity index is 240. The molecule has 1 fully saturated rings. The van der Waals surface area contributed by atoms with Gasteiger partial charge in [-0.3, -0.25) is 0 Å². The van der Waals surface area contributed by atoms with Crippen molar-refractivity contribution in [3.8, 4) is 0 Å². The molecule has 100 valence electrons. The van der Waals surface area contributed by atoms with Crippen LogP contribution in [0.3, 0.4) is 0 Å². The van der Waals surface area contributed by atoms with Crippen LogP contribution in [0, 0.1) is 5.92 Å². The van der Waals surface area contributed by atoms with Gasteiger partial charge in [-0.2, -0.15) is 0 Å². The van der Waals surface area contributed by atoms with Crippen LogP contribution in [0.15, 0.2) is 0 Å². The van der Waals surface area contributed by atoms with Crippen molar-refractivity contribution in [1.82, 2.24) is 4.90 Å². The molecule has 0 aromatic carbocycles. The molecule has 0 aliphatic heterocycles. The standard InChI is InChI=1S/C13H26N2O2/c1-3-12(15(2)13(16)17)11(14)9-10-7-5-4-6-8-10/h10-12H,3-9,14H2,1-2H3,(H,16,17)/t11-,12+/m0/s1. The van der Waals surface area contributed by atoms with E-state index in [4.69, 9.17) is 10.8 Å². The van der Waals surface area contributed by atoms with Gasteiger partial charge in [0, 0.05) is 19.1 Å². The lowest BCUT2D eigenvalue weighted by atomic mass is 9.83. The molecule has 1 aliphatic rings. The van der Waals surface area contributed by atoms with E-state index in [2.05, 4.69) is 0 Å². The second kappa shape index (κ2) is 6.84. The largest absolute Gasteiger partial charge is 0.465 e. The number of carbonyl (C=O) groups is 1. The Morgan fingerprint density at radius 1 is 1.41 bits per heavy atom. The summed E-state index contributed by atoms with van der Waals surface area (Å²) in [5.74, 6) is 0.704. The molecule has 0 bridgehead atoms. The van der Waals surface area contributed by atoms with Gasteiger partial charge in [-0.15, -0.1) is 0 Å². The van der Waals surface area contributed by atoms with Crippen molar-refractivity contribution in [2.24, 2.45) is 11.7 Å². The first kappa shape index (κ1) is 14.3. The summed E-state index contributed by atoms with van der Waals surface area (Å²) in [5, 5.41) is 9.01. The van der Waals surface area contributed by atoms with Crippen LogP contribution in [0.1, 0.15) is 51.9 Å². The minimum Gasteiger partial charge on any atom is -0.465 e. The summed E-state index contributed by atoms with van der Waals surface area (Å²) in [5.41, 5.74) is 6.19. The first-order chi connectivity index (χ1) is 8.06. The molecule has 1 saturated carbocycles. The SMILES string of the molecule is CC[C@H]([C@@H](N)CC1CCCCC1)N(C)C(=O)O. The molecule has 4 nitrogen and oxygen atoms in total. The van der Waals surface area contributed by atoms with E-state index in [0.29, 0.717) is 5.92 Å². The quantitative estimate of drug-likeness (QED) is 0.779. The zero-order valence-corrected chi connectivity index (χ0v) is 11.1. The Kier molecular flexibility index (Phi) is 5.75. The van der Waals surface area contributed by atoms with Gasteiger partial charge in [-0.25, -0.2) is 4.79 Å². The number of nitrogens with two attached hydrogens (primary N) is 1. The highest BCUT2D eigenvalue weighted by Gasteiger charge is 2.26. The van der Waals surface area contributed by atoms with Gasteiger partial charge in [0.1, 0.15) is 0 Å². The number of carboxylic acid groups (broad SMARTS) is 1. The molecule has 2 atom stereocenters. The minimum absolute atomic E-state index is 0.0239. The zero-order valence-electron chi connectivity index (χ0n) is 11.1. The van der Waals surface area contributed by atoms with Gasteiger partial charge >= 0.3 is 6.09 Å². The molecule has 1 aliphatic carbocycles. The summed E-state index contributed by atoms with van der Waals surface area (Å²) < 4.78 is 0. The van der Waals surface area contributed by atoms with Crippen LogP contribution in [-0.2, 0) is 0 Å². The Balaban J connectivity index is 2.47. The summed E-state index contributed by atoms with van der Waals surface area (Å²) in [4.78, 5) is 12.3. The fraction of sp³-hybridized carbons (Fsp3) is 0.923. The van der Waals surface area contributed by atoms with Crippen molar-refractivity contribution in [2.75, 3.05) is 7.05 Å². The number of likely N-dealkylation sites (N-methyl/N-ethyl adjacent to an activating group) is 1. The molecule has 0 aromatic rings. The molecule has 1 rings (SSSR count). The topological polar surface area (TPSA) is 66.6 Å². The smallest absolute Gasteiger partial charge is 0.407 e. The predicted molar refractivity (Wildman–Crippen MR) is 69.0 cm³/mol. The highest BCUT2D eigenvalue weighted by atomic mass is 16.4. The minimum atomic E-state index is -0.879. The summed E-state index contributed by atoms with van der Waals surface area (Å²) >= 11 is 0. The van der Waals surface area contributed by atoms with Crippen molar-refractivity contribution in [3.05, 3.63) is 0 Å². The van der Waals surface area contributed by atoms with E-state index in [1.807, 2.05) is 6.92 Å². The van der Waals surface area contributed by atoms with Gasteiger partial charge < -0.3 is 15.7 Å². The summed E-state index contributed by atoms with van der Waals surface area (Å²) in [6, 6.07) is -0.0707. The lowest BCUT2D eigenvalue weighted by molar-refractivity contribution is 0.124. The van der Waals surface area contributed by atoms with E-state index < -0.39 is 6.09 Å². The number of amides is 1. The van der Waals surface area contributed by atoms with E-state index >= 15 is 0 Å². The lowest BCUT2D eigenvalue weighted by Gasteiger charge is -2.33. The van der Waals surface area contributed by atoms with Gasteiger partial charge in [0.15, 0.2) is 0 Å². The fourth-order valence-corrected chi connectivity index (χ4v) is 2.97. The molecule has 0 spiro atoms. The third kappa shape index (κ3) is 4.19. The van der Waals surface area contributed by atoms with Crippen LogP contribution in [-0.4, -0.2) is 35.2 Å². The van der Waals surface area contributed by atoms with E-state index in [0.717, 1.165) is 12.8 Å². The maximum Gasteiger partial charge on any atom is 0.407 e. The molecule has 0 radical (unpaired) electrons. The highest BCUT2D eigenvalue weighted by Crippen LogP contribution is 2.28. The number of hydrogen-bond donors (Lipinski definition) is 2. The molecule has 1 amide bonds. The number of nitrogens with zero attached hydrogens (tertiary/aromatic N) is 1. The van der Waals surface area contributed by atoms with Gasteiger partial charge in [0.25, 0.3) is 0 Å². The monoisotopic (exact) mass is 242 g/mol. The number of rotatable bonds is 5. The molecule has 0 saturated heterocycles. The third-order valence-electron chi connectivity index (χ3n) is 4.04. The second-order valence-corrected chi connectivity index (χ2v) is 5.27. The fourth-order valence-electron chi connectivity index (χ4n) is 2.97. The molecular weight excluding hydrogens is 216 g/mol. The maximum absolute atomic E-state index is 11.0. The summed E-state index contributed by atoms with van der Waals surface area (Å²) in [6.07, 6.45) is 7.37.